The van der Waals surface area contributed by atoms with E-state index in [2.05, 4.69) is 25.7 Å². The Balaban J connectivity index is 1.47. The fraction of sp³-hybridized carbons (Fsp3) is 0.133. The van der Waals surface area contributed by atoms with Crippen LogP contribution in [0.1, 0.15) is 12.5 Å². The van der Waals surface area contributed by atoms with E-state index in [1.165, 1.54) is 13.1 Å². The molecular weight excluding hydrogens is 613 g/mol. The van der Waals surface area contributed by atoms with Crippen LogP contribution in [-0.2, 0) is 17.9 Å². The number of carbonyl (C=O) groups is 1. The van der Waals surface area contributed by atoms with E-state index in [4.69, 9.17) is 11.6 Å². The first kappa shape index (κ1) is 29.6. The third-order valence-corrected chi connectivity index (χ3v) is 7.26. The topological polar surface area (TPSA) is 129 Å². The number of pyridine rings is 1. The van der Waals surface area contributed by atoms with E-state index >= 15 is 0 Å². The maximum Gasteiger partial charge on any atom is 0.359 e. The molecule has 45 heavy (non-hydrogen) atoms. The Bertz CT molecular complexity index is 2220. The maximum absolute atomic E-state index is 14.2. The Morgan fingerprint density at radius 3 is 2.51 bits per heavy atom. The summed E-state index contributed by atoms with van der Waals surface area (Å²) in [4.78, 5) is 46.9. The summed E-state index contributed by atoms with van der Waals surface area (Å²) in [5, 5.41) is 12.0. The van der Waals surface area contributed by atoms with E-state index in [0.717, 1.165) is 21.3 Å². The fourth-order valence-electron chi connectivity index (χ4n) is 4.87. The Labute approximate surface area is 256 Å². The summed E-state index contributed by atoms with van der Waals surface area (Å²) in [6.07, 6.45) is 4.61. The highest BCUT2D eigenvalue weighted by atomic mass is 35.5. The Kier molecular flexibility index (Phi) is 7.81. The summed E-state index contributed by atoms with van der Waals surface area (Å²) >= 11 is 6.54. The molecule has 6 rings (SSSR count). The Morgan fingerprint density at radius 1 is 1.00 bits per heavy atom. The van der Waals surface area contributed by atoms with Crippen LogP contribution in [0, 0.1) is 17.5 Å². The summed E-state index contributed by atoms with van der Waals surface area (Å²) < 4.78 is 45.4. The molecule has 0 aliphatic rings. The second-order valence-electron chi connectivity index (χ2n) is 10.1. The van der Waals surface area contributed by atoms with Gasteiger partial charge in [-0.3, -0.25) is 19.0 Å². The Hall–Kier alpha value is -5.50. The number of nitrogens with zero attached hydrogens (tertiary/aromatic N) is 6. The molecule has 0 saturated carbocycles. The summed E-state index contributed by atoms with van der Waals surface area (Å²) in [5.74, 6) is -5.03. The minimum atomic E-state index is -1.66. The molecule has 2 N–H and O–H groups in total. The van der Waals surface area contributed by atoms with Crippen molar-refractivity contribution >= 4 is 50.8 Å². The molecule has 0 aliphatic heterocycles. The minimum absolute atomic E-state index is 0.110. The van der Waals surface area contributed by atoms with Gasteiger partial charge in [0.25, 0.3) is 0 Å². The van der Waals surface area contributed by atoms with E-state index in [1.807, 2.05) is 0 Å². The molecule has 6 aromatic rings. The van der Waals surface area contributed by atoms with Crippen molar-refractivity contribution in [1.82, 2.24) is 34.2 Å². The lowest BCUT2D eigenvalue weighted by Crippen LogP contribution is -2.42. The lowest BCUT2D eigenvalue weighted by atomic mass is 10.1. The number of amides is 1. The molecule has 0 atom stereocenters. The van der Waals surface area contributed by atoms with Crippen LogP contribution in [0.25, 0.3) is 27.4 Å². The van der Waals surface area contributed by atoms with Crippen molar-refractivity contribution in [3.63, 3.8) is 0 Å². The second kappa shape index (κ2) is 11.9. The number of rotatable bonds is 8. The smallest absolute Gasteiger partial charge is 0.354 e. The molecule has 0 unspecified atom stereocenters. The van der Waals surface area contributed by atoms with E-state index in [1.54, 1.807) is 53.5 Å². The van der Waals surface area contributed by atoms with Gasteiger partial charge < -0.3 is 10.6 Å². The summed E-state index contributed by atoms with van der Waals surface area (Å²) in [6, 6.07) is 11.6. The zero-order valence-corrected chi connectivity index (χ0v) is 24.1. The first-order valence-corrected chi connectivity index (χ1v) is 13.9. The number of fused-ring (bicyclic) bond motifs is 2. The maximum atomic E-state index is 14.2. The highest BCUT2D eigenvalue weighted by Crippen LogP contribution is 2.30. The average Bonchev–Trinajstić information content (AvgIpc) is 3.39. The zero-order chi connectivity index (χ0) is 31.8. The first-order chi connectivity index (χ1) is 21.6. The molecule has 11 nitrogen and oxygen atoms in total. The molecule has 15 heteroatoms. The summed E-state index contributed by atoms with van der Waals surface area (Å²) in [6.45, 7) is 1.65. The average molecular weight is 635 g/mol. The first-order valence-electron chi connectivity index (χ1n) is 13.5. The van der Waals surface area contributed by atoms with Crippen molar-refractivity contribution in [2.45, 2.75) is 20.0 Å². The minimum Gasteiger partial charge on any atom is -0.354 e. The molecule has 228 valence electrons. The molecular formula is C30H22ClF3N8O3. The summed E-state index contributed by atoms with van der Waals surface area (Å²) in [5.41, 5.74) is -1.07. The van der Waals surface area contributed by atoms with Crippen LogP contribution in [0.5, 0.6) is 0 Å². The molecule has 0 radical (unpaired) electrons. The van der Waals surface area contributed by atoms with Gasteiger partial charge in [0.2, 0.25) is 11.9 Å². The normalized spacial score (nSPS) is 11.3. The third kappa shape index (κ3) is 5.87. The van der Waals surface area contributed by atoms with Gasteiger partial charge in [0.05, 0.1) is 41.2 Å². The highest BCUT2D eigenvalue weighted by molar-refractivity contribution is 6.34. The number of hydrogen-bond donors (Lipinski definition) is 2. The largest absolute Gasteiger partial charge is 0.359 e. The van der Waals surface area contributed by atoms with E-state index < -0.39 is 35.4 Å². The van der Waals surface area contributed by atoms with Crippen molar-refractivity contribution in [2.24, 2.45) is 0 Å². The number of anilines is 2. The van der Waals surface area contributed by atoms with E-state index in [9.17, 15) is 27.6 Å². The van der Waals surface area contributed by atoms with Gasteiger partial charge >= 0.3 is 11.4 Å². The SMILES string of the molecule is CC(=O)NCCn1cc2cc(Nc3nc(=O)n(-c4cncc5ccccc45)c(=O)n3Cc3cc(F)c(F)c(F)c3)c(Cl)cc2n1. The van der Waals surface area contributed by atoms with Crippen molar-refractivity contribution in [1.29, 1.82) is 0 Å². The highest BCUT2D eigenvalue weighted by Gasteiger charge is 2.20. The molecule has 0 fully saturated rings. The molecule has 3 aromatic carbocycles. The van der Waals surface area contributed by atoms with Crippen LogP contribution in [0.4, 0.5) is 24.8 Å². The number of nitrogens with one attached hydrogen (secondary N) is 2. The zero-order valence-electron chi connectivity index (χ0n) is 23.4. The van der Waals surface area contributed by atoms with Crippen molar-refractivity contribution in [3.05, 3.63) is 116 Å². The van der Waals surface area contributed by atoms with Crippen LogP contribution in [0.3, 0.4) is 0 Å². The van der Waals surface area contributed by atoms with Crippen molar-refractivity contribution in [2.75, 3.05) is 11.9 Å². The van der Waals surface area contributed by atoms with Gasteiger partial charge in [0.1, 0.15) is 0 Å². The van der Waals surface area contributed by atoms with Crippen molar-refractivity contribution in [3.8, 4) is 5.69 Å². The number of carbonyl (C=O) groups excluding carboxylic acids is 1. The molecule has 3 aromatic heterocycles. The van der Waals surface area contributed by atoms with Gasteiger partial charge in [-0.25, -0.2) is 27.3 Å². The summed E-state index contributed by atoms with van der Waals surface area (Å²) in [7, 11) is 0. The predicted molar refractivity (Wildman–Crippen MR) is 162 cm³/mol. The van der Waals surface area contributed by atoms with E-state index in [0.29, 0.717) is 34.8 Å². The monoisotopic (exact) mass is 634 g/mol. The lowest BCUT2D eigenvalue weighted by Gasteiger charge is -2.17. The number of aromatic nitrogens is 6. The van der Waals surface area contributed by atoms with Gasteiger partial charge in [-0.05, 0) is 29.8 Å². The van der Waals surface area contributed by atoms with Crippen LogP contribution < -0.4 is 22.0 Å². The Morgan fingerprint density at radius 2 is 1.76 bits per heavy atom. The van der Waals surface area contributed by atoms with Crippen LogP contribution in [0.2, 0.25) is 5.02 Å². The molecule has 0 bridgehead atoms. The fourth-order valence-corrected chi connectivity index (χ4v) is 5.08. The second-order valence-corrected chi connectivity index (χ2v) is 10.5. The van der Waals surface area contributed by atoms with Crippen molar-refractivity contribution < 1.29 is 18.0 Å². The number of benzene rings is 3. The quantitative estimate of drug-likeness (QED) is 0.239. The van der Waals surface area contributed by atoms with Crippen LogP contribution in [-0.4, -0.2) is 41.3 Å². The van der Waals surface area contributed by atoms with Gasteiger partial charge in [-0.15, -0.1) is 0 Å². The third-order valence-electron chi connectivity index (χ3n) is 6.95. The molecule has 0 aliphatic carbocycles. The van der Waals surface area contributed by atoms with Gasteiger partial charge in [-0.2, -0.15) is 10.1 Å². The predicted octanol–water partition coefficient (Wildman–Crippen LogP) is 4.29. The van der Waals surface area contributed by atoms with Gasteiger partial charge in [0.15, 0.2) is 17.5 Å². The van der Waals surface area contributed by atoms with Gasteiger partial charge in [-0.1, -0.05) is 35.9 Å². The molecule has 0 spiro atoms. The van der Waals surface area contributed by atoms with Crippen LogP contribution >= 0.6 is 11.6 Å². The molecule has 1 amide bonds. The lowest BCUT2D eigenvalue weighted by molar-refractivity contribution is -0.118. The van der Waals surface area contributed by atoms with Crippen LogP contribution in [0.15, 0.2) is 76.7 Å². The number of halogens is 4. The van der Waals surface area contributed by atoms with Gasteiger partial charge in [0, 0.05) is 42.0 Å². The standard InChI is InChI=1S/C30H22ClF3N8O3/c1-16(43)36-6-7-40-15-19-10-25(21(31)11-24(19)39-40)37-28-38-29(44)42(26-13-35-12-18-4-2-3-5-20(18)26)30(45)41(28)14-17-8-22(32)27(34)23(33)9-17/h2-5,8-13,15H,6-7,14H2,1H3,(H,36,43)(H,37,38,44). The molecule has 0 saturated heterocycles. The molecule has 3 heterocycles. The van der Waals surface area contributed by atoms with E-state index in [-0.39, 0.29) is 33.8 Å². The number of hydrogen-bond acceptors (Lipinski definition) is 7.